The van der Waals surface area contributed by atoms with Crippen molar-refractivity contribution < 1.29 is 14.3 Å². The van der Waals surface area contributed by atoms with Gasteiger partial charge in [0.2, 0.25) is 6.79 Å². The number of ether oxygens (including phenoxy) is 2. The Hall–Kier alpha value is -1.16. The van der Waals surface area contributed by atoms with Crippen molar-refractivity contribution in [2.75, 3.05) is 12.5 Å². The molecule has 1 aromatic carbocycles. The summed E-state index contributed by atoms with van der Waals surface area (Å²) in [6.45, 7) is 0.263. The van der Waals surface area contributed by atoms with E-state index in [0.717, 1.165) is 22.6 Å². The van der Waals surface area contributed by atoms with E-state index < -0.39 is 0 Å². The largest absolute Gasteiger partial charge is 0.454 e. The summed E-state index contributed by atoms with van der Waals surface area (Å²) >= 11 is 1.65. The van der Waals surface area contributed by atoms with Gasteiger partial charge in [-0.25, -0.2) is 0 Å². The van der Waals surface area contributed by atoms with E-state index in [1.165, 1.54) is 0 Å². The van der Waals surface area contributed by atoms with Gasteiger partial charge in [-0.2, -0.15) is 0 Å². The van der Waals surface area contributed by atoms with Crippen molar-refractivity contribution in [2.45, 2.75) is 5.75 Å². The average molecular weight is 208 g/mol. The maximum absolute atomic E-state index is 11.6. The second kappa shape index (κ2) is 2.92. The molecule has 0 spiro atoms. The molecule has 2 aliphatic heterocycles. The lowest BCUT2D eigenvalue weighted by Gasteiger charge is -2.14. The SMILES string of the molecule is O=C1CSCc2cc3c(cc21)OCO3. The lowest BCUT2D eigenvalue weighted by molar-refractivity contribution is 0.102. The maximum Gasteiger partial charge on any atom is 0.231 e. The number of hydrogen-bond acceptors (Lipinski definition) is 4. The highest BCUT2D eigenvalue weighted by molar-refractivity contribution is 7.99. The van der Waals surface area contributed by atoms with Crippen LogP contribution in [0.25, 0.3) is 0 Å². The third kappa shape index (κ3) is 1.10. The fourth-order valence-corrected chi connectivity index (χ4v) is 2.60. The zero-order valence-electron chi connectivity index (χ0n) is 7.41. The number of benzene rings is 1. The fourth-order valence-electron chi connectivity index (χ4n) is 1.69. The fraction of sp³-hybridized carbons (Fsp3) is 0.300. The van der Waals surface area contributed by atoms with Gasteiger partial charge in [0.05, 0.1) is 5.75 Å². The molecule has 0 atom stereocenters. The third-order valence-corrected chi connectivity index (χ3v) is 3.37. The lowest BCUT2D eigenvalue weighted by atomic mass is 10.0. The summed E-state index contributed by atoms with van der Waals surface area (Å²) < 4.78 is 10.5. The van der Waals surface area contributed by atoms with Gasteiger partial charge in [0.1, 0.15) is 0 Å². The predicted octanol–water partition coefficient (Wildman–Crippen LogP) is 1.84. The van der Waals surface area contributed by atoms with Crippen LogP contribution in [0.4, 0.5) is 0 Å². The molecule has 72 valence electrons. The Morgan fingerprint density at radius 2 is 1.93 bits per heavy atom. The molecule has 0 saturated carbocycles. The molecular formula is C10H8O3S. The van der Waals surface area contributed by atoms with E-state index in [1.807, 2.05) is 6.07 Å². The van der Waals surface area contributed by atoms with E-state index in [0.29, 0.717) is 11.5 Å². The summed E-state index contributed by atoms with van der Waals surface area (Å²) in [6.07, 6.45) is 0. The number of ketones is 1. The Kier molecular flexibility index (Phi) is 1.70. The summed E-state index contributed by atoms with van der Waals surface area (Å²) in [5, 5.41) is 0. The van der Waals surface area contributed by atoms with E-state index in [-0.39, 0.29) is 12.6 Å². The first-order valence-electron chi connectivity index (χ1n) is 4.38. The molecule has 3 nitrogen and oxygen atoms in total. The topological polar surface area (TPSA) is 35.5 Å². The van der Waals surface area contributed by atoms with Gasteiger partial charge in [-0.3, -0.25) is 4.79 Å². The Balaban J connectivity index is 2.17. The first kappa shape index (κ1) is 8.17. The highest BCUT2D eigenvalue weighted by atomic mass is 32.2. The van der Waals surface area contributed by atoms with E-state index in [9.17, 15) is 4.79 Å². The first-order chi connectivity index (χ1) is 6.84. The molecule has 0 bridgehead atoms. The molecule has 14 heavy (non-hydrogen) atoms. The summed E-state index contributed by atoms with van der Waals surface area (Å²) in [7, 11) is 0. The Morgan fingerprint density at radius 3 is 2.79 bits per heavy atom. The zero-order chi connectivity index (χ0) is 9.54. The highest BCUT2D eigenvalue weighted by Crippen LogP contribution is 2.38. The van der Waals surface area contributed by atoms with Crippen molar-refractivity contribution in [2.24, 2.45) is 0 Å². The van der Waals surface area contributed by atoms with Crippen LogP contribution < -0.4 is 9.47 Å². The van der Waals surface area contributed by atoms with Crippen molar-refractivity contribution >= 4 is 17.5 Å². The summed E-state index contributed by atoms with van der Waals surface area (Å²) in [6, 6.07) is 3.72. The van der Waals surface area contributed by atoms with Crippen LogP contribution in [0.1, 0.15) is 15.9 Å². The Labute approximate surface area is 85.4 Å². The van der Waals surface area contributed by atoms with Gasteiger partial charge in [0.15, 0.2) is 17.3 Å². The minimum Gasteiger partial charge on any atom is -0.454 e. The van der Waals surface area contributed by atoms with Crippen LogP contribution in [0.15, 0.2) is 12.1 Å². The van der Waals surface area contributed by atoms with Crippen LogP contribution in [0, 0.1) is 0 Å². The van der Waals surface area contributed by atoms with Gasteiger partial charge in [-0.15, -0.1) is 11.8 Å². The molecule has 0 radical (unpaired) electrons. The normalized spacial score (nSPS) is 18.1. The van der Waals surface area contributed by atoms with E-state index in [1.54, 1.807) is 17.8 Å². The van der Waals surface area contributed by atoms with Crippen LogP contribution in [0.3, 0.4) is 0 Å². The molecule has 2 heterocycles. The van der Waals surface area contributed by atoms with Gasteiger partial charge in [-0.1, -0.05) is 0 Å². The first-order valence-corrected chi connectivity index (χ1v) is 5.53. The van der Waals surface area contributed by atoms with Crippen LogP contribution in [-0.4, -0.2) is 18.3 Å². The minimum atomic E-state index is 0.189. The molecule has 4 heteroatoms. The molecule has 0 N–H and O–H groups in total. The lowest BCUT2D eigenvalue weighted by Crippen LogP contribution is -2.11. The van der Waals surface area contributed by atoms with Crippen molar-refractivity contribution in [1.82, 2.24) is 0 Å². The molecule has 1 aromatic rings. The summed E-state index contributed by atoms with van der Waals surface area (Å²) in [5.74, 6) is 3.11. The molecule has 0 unspecified atom stereocenters. The molecule has 0 fully saturated rings. The maximum atomic E-state index is 11.6. The third-order valence-electron chi connectivity index (χ3n) is 2.39. The molecule has 0 saturated heterocycles. The van der Waals surface area contributed by atoms with Gasteiger partial charge >= 0.3 is 0 Å². The molecule has 0 aromatic heterocycles. The molecule has 0 aliphatic carbocycles. The Morgan fingerprint density at radius 1 is 1.14 bits per heavy atom. The molecule has 2 aliphatic rings. The van der Waals surface area contributed by atoms with E-state index in [4.69, 9.17) is 9.47 Å². The number of carbonyl (C=O) groups excluding carboxylic acids is 1. The van der Waals surface area contributed by atoms with Crippen molar-refractivity contribution in [3.05, 3.63) is 23.3 Å². The monoisotopic (exact) mass is 208 g/mol. The van der Waals surface area contributed by atoms with Crippen LogP contribution in [0.5, 0.6) is 11.5 Å². The van der Waals surface area contributed by atoms with Crippen LogP contribution in [-0.2, 0) is 5.75 Å². The summed E-state index contributed by atoms with van der Waals surface area (Å²) in [5.41, 5.74) is 1.86. The minimum absolute atomic E-state index is 0.189. The number of thioether (sulfide) groups is 1. The second-order valence-electron chi connectivity index (χ2n) is 3.28. The number of hydrogen-bond donors (Lipinski definition) is 0. The van der Waals surface area contributed by atoms with Crippen molar-refractivity contribution in [3.63, 3.8) is 0 Å². The summed E-state index contributed by atoms with van der Waals surface area (Å²) in [4.78, 5) is 11.6. The number of Topliss-reactive ketones (excluding diaryl/α,β-unsaturated/α-hetero) is 1. The number of fused-ring (bicyclic) bond motifs is 2. The quantitative estimate of drug-likeness (QED) is 0.651. The van der Waals surface area contributed by atoms with Crippen molar-refractivity contribution in [3.8, 4) is 11.5 Å². The number of carbonyl (C=O) groups is 1. The highest BCUT2D eigenvalue weighted by Gasteiger charge is 2.23. The molecular weight excluding hydrogens is 200 g/mol. The van der Waals surface area contributed by atoms with Crippen LogP contribution in [0.2, 0.25) is 0 Å². The van der Waals surface area contributed by atoms with Crippen LogP contribution >= 0.6 is 11.8 Å². The average Bonchev–Trinajstić information content (AvgIpc) is 2.62. The van der Waals surface area contributed by atoms with Crippen molar-refractivity contribution in [1.29, 1.82) is 0 Å². The van der Waals surface area contributed by atoms with Gasteiger partial charge < -0.3 is 9.47 Å². The predicted molar refractivity (Wildman–Crippen MR) is 53.1 cm³/mol. The standard InChI is InChI=1S/C10H8O3S/c11-8-4-14-3-6-1-9-10(2-7(6)8)13-5-12-9/h1-2H,3-5H2. The second-order valence-corrected chi connectivity index (χ2v) is 4.26. The zero-order valence-corrected chi connectivity index (χ0v) is 8.23. The van der Waals surface area contributed by atoms with Gasteiger partial charge in [0.25, 0.3) is 0 Å². The van der Waals surface area contributed by atoms with Gasteiger partial charge in [-0.05, 0) is 17.7 Å². The number of rotatable bonds is 0. The Bertz CT molecular complexity index is 414. The van der Waals surface area contributed by atoms with E-state index >= 15 is 0 Å². The van der Waals surface area contributed by atoms with E-state index in [2.05, 4.69) is 0 Å². The smallest absolute Gasteiger partial charge is 0.231 e. The molecule has 3 rings (SSSR count). The molecule has 0 amide bonds. The van der Waals surface area contributed by atoms with Gasteiger partial charge in [0, 0.05) is 11.3 Å².